The number of carbonyl (C=O) groups is 1. The fraction of sp³-hybridized carbons (Fsp3) is 0.409. The summed E-state index contributed by atoms with van der Waals surface area (Å²) in [4.78, 5) is 16.1. The lowest BCUT2D eigenvalue weighted by Crippen LogP contribution is -2.50. The summed E-state index contributed by atoms with van der Waals surface area (Å²) in [6, 6.07) is 9.94. The Hall–Kier alpha value is -2.85. The highest BCUT2D eigenvalue weighted by Crippen LogP contribution is 2.37. The molecule has 1 saturated heterocycles. The molecule has 172 valence electrons. The normalized spacial score (nSPS) is 18.0. The van der Waals surface area contributed by atoms with E-state index < -0.39 is 21.7 Å². The molecule has 0 bridgehead atoms. The smallest absolute Gasteiger partial charge is 0.410 e. The number of hydrogen-bond acceptors (Lipinski definition) is 6. The van der Waals surface area contributed by atoms with Crippen LogP contribution in [0.1, 0.15) is 26.3 Å². The van der Waals surface area contributed by atoms with E-state index in [1.807, 2.05) is 45.0 Å². The van der Waals surface area contributed by atoms with Crippen LogP contribution in [0.5, 0.6) is 5.75 Å². The molecular weight excluding hydrogens is 437 g/mol. The summed E-state index contributed by atoms with van der Waals surface area (Å²) < 4.78 is 50.5. The first-order chi connectivity index (χ1) is 15.0. The summed E-state index contributed by atoms with van der Waals surface area (Å²) in [5, 5.41) is 0. The Balaban J connectivity index is 1.49. The van der Waals surface area contributed by atoms with Gasteiger partial charge < -0.3 is 18.7 Å². The zero-order valence-corrected chi connectivity index (χ0v) is 19.0. The maximum Gasteiger partial charge on any atom is 0.410 e. The molecule has 2 aromatic carbocycles. The lowest BCUT2D eigenvalue weighted by atomic mass is 10.0. The molecular formula is C22H26FN3O5S. The zero-order chi connectivity index (χ0) is 23.1. The molecule has 4 rings (SSSR count). The number of rotatable bonds is 2. The van der Waals surface area contributed by atoms with E-state index in [0.717, 1.165) is 5.69 Å². The van der Waals surface area contributed by atoms with Crippen LogP contribution in [0.2, 0.25) is 0 Å². The Bertz CT molecular complexity index is 1120. The number of ether oxygens (including phenoxy) is 1. The first-order valence-electron chi connectivity index (χ1n) is 10.4. The van der Waals surface area contributed by atoms with Gasteiger partial charge in [0.1, 0.15) is 11.4 Å². The van der Waals surface area contributed by atoms with Crippen molar-refractivity contribution >= 4 is 22.1 Å². The van der Waals surface area contributed by atoms with E-state index in [9.17, 15) is 17.6 Å². The molecule has 1 fully saturated rings. The van der Waals surface area contributed by atoms with E-state index in [1.165, 1.54) is 12.1 Å². The molecule has 0 saturated carbocycles. The van der Waals surface area contributed by atoms with Crippen molar-refractivity contribution in [2.45, 2.75) is 32.9 Å². The summed E-state index contributed by atoms with van der Waals surface area (Å²) >= 11 is 0. The number of nitrogens with one attached hydrogen (secondary N) is 1. The number of piperazine rings is 1. The average molecular weight is 464 g/mol. The van der Waals surface area contributed by atoms with Crippen molar-refractivity contribution in [3.8, 4) is 16.9 Å². The van der Waals surface area contributed by atoms with Crippen molar-refractivity contribution in [1.29, 1.82) is 0 Å². The van der Waals surface area contributed by atoms with Crippen LogP contribution in [0, 0.1) is 5.82 Å². The van der Waals surface area contributed by atoms with Crippen molar-refractivity contribution in [2.24, 2.45) is 0 Å². The minimum atomic E-state index is -3.91. The quantitative estimate of drug-likeness (QED) is 0.736. The van der Waals surface area contributed by atoms with Gasteiger partial charge in [-0.25, -0.2) is 9.18 Å². The number of amides is 1. The number of hydrogen-bond donors (Lipinski definition) is 1. The molecule has 0 unspecified atom stereocenters. The number of benzene rings is 2. The first kappa shape index (κ1) is 22.3. The minimum Gasteiger partial charge on any atom is -0.444 e. The highest BCUT2D eigenvalue weighted by Gasteiger charge is 2.27. The van der Waals surface area contributed by atoms with Crippen molar-refractivity contribution in [1.82, 2.24) is 9.62 Å². The van der Waals surface area contributed by atoms with E-state index in [2.05, 4.69) is 9.62 Å². The molecule has 10 heteroatoms. The standard InChI is InChI=1S/C22H26FN3O5S/c1-22(2,3)30-21(27)26-10-8-25(9-11-26)18-6-4-15(5-7-18)19-13-17(23)12-16-14-24-32(28,29)31-20(16)19/h4-7,12-13,24H,8-11,14H2,1-3H3. The van der Waals surface area contributed by atoms with E-state index in [4.69, 9.17) is 8.92 Å². The second-order valence-corrected chi connectivity index (χ2v) is 10.2. The van der Waals surface area contributed by atoms with E-state index >= 15 is 0 Å². The molecule has 1 amide bonds. The summed E-state index contributed by atoms with van der Waals surface area (Å²) in [5.41, 5.74) is 1.90. The topological polar surface area (TPSA) is 88.2 Å². The molecule has 1 N–H and O–H groups in total. The van der Waals surface area contributed by atoms with Gasteiger partial charge in [-0.3, -0.25) is 0 Å². The van der Waals surface area contributed by atoms with Crippen LogP contribution >= 0.6 is 0 Å². The van der Waals surface area contributed by atoms with Crippen LogP contribution in [0.25, 0.3) is 11.1 Å². The third-order valence-electron chi connectivity index (χ3n) is 5.24. The average Bonchev–Trinajstić information content (AvgIpc) is 2.72. The highest BCUT2D eigenvalue weighted by molar-refractivity contribution is 7.85. The summed E-state index contributed by atoms with van der Waals surface area (Å²) in [6.07, 6.45) is -0.312. The molecule has 0 aromatic heterocycles. The molecule has 8 nitrogen and oxygen atoms in total. The fourth-order valence-electron chi connectivity index (χ4n) is 3.73. The molecule has 2 aliphatic rings. The SMILES string of the molecule is CC(C)(C)OC(=O)N1CCN(c2ccc(-c3cc(F)cc4c3OS(=O)(=O)NC4)cc2)CC1. The van der Waals surface area contributed by atoms with Gasteiger partial charge in [-0.2, -0.15) is 13.1 Å². The summed E-state index contributed by atoms with van der Waals surface area (Å²) in [6.45, 7) is 7.91. The maximum absolute atomic E-state index is 14.1. The van der Waals surface area contributed by atoms with Gasteiger partial charge in [-0.05, 0) is 50.6 Å². The molecule has 32 heavy (non-hydrogen) atoms. The third-order valence-corrected chi connectivity index (χ3v) is 6.12. The van der Waals surface area contributed by atoms with Gasteiger partial charge in [0.25, 0.3) is 0 Å². The minimum absolute atomic E-state index is 0.0254. The van der Waals surface area contributed by atoms with Gasteiger partial charge >= 0.3 is 16.4 Å². The number of anilines is 1. The number of nitrogens with zero attached hydrogens (tertiary/aromatic N) is 2. The largest absolute Gasteiger partial charge is 0.444 e. The lowest BCUT2D eigenvalue weighted by Gasteiger charge is -2.36. The predicted molar refractivity (Wildman–Crippen MR) is 118 cm³/mol. The van der Waals surface area contributed by atoms with Crippen LogP contribution in [0.4, 0.5) is 14.9 Å². The van der Waals surface area contributed by atoms with E-state index in [1.54, 1.807) is 4.90 Å². The van der Waals surface area contributed by atoms with E-state index in [-0.39, 0.29) is 18.4 Å². The number of carbonyl (C=O) groups excluding carboxylic acids is 1. The van der Waals surface area contributed by atoms with Gasteiger partial charge in [0.2, 0.25) is 0 Å². The van der Waals surface area contributed by atoms with Crippen molar-refractivity contribution in [3.63, 3.8) is 0 Å². The van der Waals surface area contributed by atoms with Gasteiger partial charge in [0.05, 0.1) is 0 Å². The Morgan fingerprint density at radius 2 is 1.75 bits per heavy atom. The molecule has 0 radical (unpaired) electrons. The predicted octanol–water partition coefficient (Wildman–Crippen LogP) is 3.28. The van der Waals surface area contributed by atoms with E-state index in [0.29, 0.717) is 42.9 Å². The Morgan fingerprint density at radius 1 is 1.09 bits per heavy atom. The molecule has 0 aliphatic carbocycles. The lowest BCUT2D eigenvalue weighted by molar-refractivity contribution is 0.0240. The van der Waals surface area contributed by atoms with Crippen LogP contribution in [0.3, 0.4) is 0 Å². The van der Waals surface area contributed by atoms with Gasteiger partial charge in [-0.1, -0.05) is 12.1 Å². The first-order valence-corrected chi connectivity index (χ1v) is 11.8. The van der Waals surface area contributed by atoms with Crippen molar-refractivity contribution in [3.05, 3.63) is 47.8 Å². The molecule has 0 atom stereocenters. The van der Waals surface area contributed by atoms with Crippen molar-refractivity contribution in [2.75, 3.05) is 31.1 Å². The highest BCUT2D eigenvalue weighted by atomic mass is 32.2. The van der Waals surface area contributed by atoms with Crippen LogP contribution < -0.4 is 13.8 Å². The van der Waals surface area contributed by atoms with Crippen LogP contribution in [0.15, 0.2) is 36.4 Å². The Labute approximate surface area is 187 Å². The number of halogens is 1. The Kier molecular flexibility index (Phi) is 5.76. The van der Waals surface area contributed by atoms with Crippen LogP contribution in [-0.4, -0.2) is 51.2 Å². The second-order valence-electron chi connectivity index (χ2n) is 8.80. The molecule has 2 aromatic rings. The molecule has 2 heterocycles. The van der Waals surface area contributed by atoms with Crippen molar-refractivity contribution < 1.29 is 26.5 Å². The summed E-state index contributed by atoms with van der Waals surface area (Å²) in [7, 11) is -3.91. The number of fused-ring (bicyclic) bond motifs is 1. The monoisotopic (exact) mass is 463 g/mol. The van der Waals surface area contributed by atoms with Gasteiger partial charge in [0, 0.05) is 49.5 Å². The summed E-state index contributed by atoms with van der Waals surface area (Å²) in [5.74, 6) is -0.324. The molecule has 0 spiro atoms. The second kappa shape index (κ2) is 8.25. The van der Waals surface area contributed by atoms with Gasteiger partial charge in [0.15, 0.2) is 5.75 Å². The van der Waals surface area contributed by atoms with Crippen LogP contribution in [-0.2, 0) is 21.6 Å². The van der Waals surface area contributed by atoms with Gasteiger partial charge in [-0.15, -0.1) is 0 Å². The maximum atomic E-state index is 14.1. The molecule has 2 aliphatic heterocycles. The zero-order valence-electron chi connectivity index (χ0n) is 18.2. The fourth-order valence-corrected chi connectivity index (χ4v) is 4.53. The Morgan fingerprint density at radius 3 is 2.38 bits per heavy atom. The third kappa shape index (κ3) is 4.97.